The predicted molar refractivity (Wildman–Crippen MR) is 236 cm³/mol. The van der Waals surface area contributed by atoms with Crippen LogP contribution in [0.1, 0.15) is 219 Å². The lowest BCUT2D eigenvalue weighted by molar-refractivity contribution is -0.298. The second-order valence-corrected chi connectivity index (χ2v) is 18.1. The first kappa shape index (κ1) is 55.9. The Labute approximate surface area is 360 Å². The Morgan fingerprint density at radius 3 is 1.47 bits per heavy atom. The van der Waals surface area contributed by atoms with Crippen LogP contribution in [-0.4, -0.2) is 95.4 Å². The highest BCUT2D eigenvalue weighted by atomic mass is 32.3. The van der Waals surface area contributed by atoms with Gasteiger partial charge in [-0.15, -0.1) is 0 Å². The van der Waals surface area contributed by atoms with Crippen molar-refractivity contribution in [3.05, 3.63) is 12.2 Å². The number of unbranched alkanes of at least 4 members (excludes halogenated alkanes) is 29. The third-order valence-electron chi connectivity index (χ3n) is 11.6. The maximum absolute atomic E-state index is 13.0. The summed E-state index contributed by atoms with van der Waals surface area (Å²) in [6.45, 7) is 3.39. The minimum Gasteiger partial charge on any atom is -0.394 e. The Morgan fingerprint density at radius 1 is 0.661 bits per heavy atom. The summed E-state index contributed by atoms with van der Waals surface area (Å²) in [6.07, 6.45) is 32.5. The zero-order chi connectivity index (χ0) is 43.4. The number of aliphatic hydroxyl groups is 4. The number of nitrogens with one attached hydrogen (secondary N) is 1. The van der Waals surface area contributed by atoms with E-state index in [1.807, 2.05) is 6.08 Å². The number of aliphatic hydroxyl groups excluding tert-OH is 4. The molecule has 0 aliphatic carbocycles. The van der Waals surface area contributed by atoms with Crippen LogP contribution < -0.4 is 5.32 Å². The second kappa shape index (κ2) is 37.4. The molecule has 1 fully saturated rings. The van der Waals surface area contributed by atoms with Gasteiger partial charge in [0.25, 0.3) is 0 Å². The minimum absolute atomic E-state index is 0.260. The van der Waals surface area contributed by atoms with Gasteiger partial charge in [-0.25, -0.2) is 4.18 Å². The quantitative estimate of drug-likeness (QED) is 0.0195. The van der Waals surface area contributed by atoms with Gasteiger partial charge in [-0.1, -0.05) is 206 Å². The van der Waals surface area contributed by atoms with Gasteiger partial charge in [-0.2, -0.15) is 8.42 Å². The van der Waals surface area contributed by atoms with Crippen LogP contribution in [0.5, 0.6) is 0 Å². The largest absolute Gasteiger partial charge is 0.397 e. The normalized spacial score (nSPS) is 21.0. The Balaban J connectivity index is 2.47. The standard InChI is InChI=1S/C46H89NO11S/c1-3-5-7-9-11-13-15-17-18-19-20-21-22-24-26-28-30-32-34-36-42(50)47-39(40(49)35-33-31-29-27-25-23-16-14-12-10-8-6-4-2)38-56-46-44(52)45(58-59(53,54)55)43(51)41(37-48)57-46/h33,35,39-41,43-46,48-49,51-52H,3-32,34,36-38H2,1-2H3,(H,47,50)(H,53,54,55)/b35-33+/t39-,40+,41+,43-,44+,45-,46-/m0/s1. The number of rotatable bonds is 41. The highest BCUT2D eigenvalue weighted by Crippen LogP contribution is 2.26. The van der Waals surface area contributed by atoms with Gasteiger partial charge in [-0.3, -0.25) is 9.35 Å². The number of carbonyl (C=O) groups excluding carboxylic acids is 1. The topological polar surface area (TPSA) is 192 Å². The molecule has 13 heteroatoms. The van der Waals surface area contributed by atoms with Crippen LogP contribution >= 0.6 is 0 Å². The van der Waals surface area contributed by atoms with Gasteiger partial charge in [0.2, 0.25) is 5.91 Å². The molecule has 0 bridgehead atoms. The van der Waals surface area contributed by atoms with Crippen molar-refractivity contribution in [3.63, 3.8) is 0 Å². The average molecular weight is 864 g/mol. The highest BCUT2D eigenvalue weighted by Gasteiger charge is 2.48. The summed E-state index contributed by atoms with van der Waals surface area (Å²) in [7, 11) is -5.08. The van der Waals surface area contributed by atoms with Crippen molar-refractivity contribution >= 4 is 16.3 Å². The first-order chi connectivity index (χ1) is 28.5. The van der Waals surface area contributed by atoms with E-state index in [-0.39, 0.29) is 18.9 Å². The van der Waals surface area contributed by atoms with Crippen molar-refractivity contribution in [1.29, 1.82) is 0 Å². The first-order valence-electron chi connectivity index (χ1n) is 24.1. The first-order valence-corrected chi connectivity index (χ1v) is 25.4. The second-order valence-electron chi connectivity index (χ2n) is 17.1. The number of ether oxygens (including phenoxy) is 2. The molecule has 350 valence electrons. The van der Waals surface area contributed by atoms with E-state index in [1.165, 1.54) is 154 Å². The number of hydrogen-bond acceptors (Lipinski definition) is 10. The van der Waals surface area contributed by atoms with E-state index in [2.05, 4.69) is 23.3 Å². The molecule has 0 aromatic carbocycles. The van der Waals surface area contributed by atoms with Gasteiger partial charge in [0.05, 0.1) is 25.4 Å². The molecule has 1 heterocycles. The monoisotopic (exact) mass is 864 g/mol. The molecule has 6 N–H and O–H groups in total. The lowest BCUT2D eigenvalue weighted by atomic mass is 9.99. The summed E-state index contributed by atoms with van der Waals surface area (Å²) in [5.74, 6) is -0.260. The smallest absolute Gasteiger partial charge is 0.394 e. The van der Waals surface area contributed by atoms with E-state index in [0.717, 1.165) is 38.5 Å². The summed E-state index contributed by atoms with van der Waals surface area (Å²) in [4.78, 5) is 13.0. The summed E-state index contributed by atoms with van der Waals surface area (Å²) < 4.78 is 47.6. The molecule has 12 nitrogen and oxygen atoms in total. The van der Waals surface area contributed by atoms with Crippen LogP contribution in [0.15, 0.2) is 12.2 Å². The zero-order valence-corrected chi connectivity index (χ0v) is 38.1. The summed E-state index contributed by atoms with van der Waals surface area (Å²) in [6, 6.07) is -0.937. The molecule has 1 rings (SSSR count). The van der Waals surface area contributed by atoms with E-state index in [4.69, 9.17) is 9.47 Å². The van der Waals surface area contributed by atoms with Crippen LogP contribution in [0.25, 0.3) is 0 Å². The number of hydrogen-bond donors (Lipinski definition) is 6. The fraction of sp³-hybridized carbons (Fsp3) is 0.935. The molecule has 1 aliphatic rings. The van der Waals surface area contributed by atoms with Crippen LogP contribution in [0.3, 0.4) is 0 Å². The maximum atomic E-state index is 13.0. The number of carbonyl (C=O) groups is 1. The predicted octanol–water partition coefficient (Wildman–Crippen LogP) is 9.55. The van der Waals surface area contributed by atoms with E-state index in [9.17, 15) is 38.2 Å². The molecule has 0 aromatic rings. The Bertz CT molecular complexity index is 1110. The molecule has 1 amide bonds. The van der Waals surface area contributed by atoms with Crippen LogP contribution in [-0.2, 0) is 28.9 Å². The zero-order valence-electron chi connectivity index (χ0n) is 37.3. The molecule has 0 saturated carbocycles. The minimum atomic E-state index is -5.08. The number of allylic oxidation sites excluding steroid dienone is 1. The third kappa shape index (κ3) is 30.5. The summed E-state index contributed by atoms with van der Waals surface area (Å²) in [5.41, 5.74) is 0. The molecule has 7 atom stereocenters. The van der Waals surface area contributed by atoms with Gasteiger partial charge in [0.15, 0.2) is 6.29 Å². The Hall–Kier alpha value is -1.16. The lowest BCUT2D eigenvalue weighted by Gasteiger charge is -2.41. The highest BCUT2D eigenvalue weighted by molar-refractivity contribution is 7.80. The van der Waals surface area contributed by atoms with E-state index in [0.29, 0.717) is 6.42 Å². The van der Waals surface area contributed by atoms with E-state index < -0.39 is 59.9 Å². The molecular weight excluding hydrogens is 775 g/mol. The molecule has 0 unspecified atom stereocenters. The van der Waals surface area contributed by atoms with Crippen LogP contribution in [0.2, 0.25) is 0 Å². The van der Waals surface area contributed by atoms with Crippen molar-refractivity contribution in [1.82, 2.24) is 5.32 Å². The average Bonchev–Trinajstić information content (AvgIpc) is 3.20. The van der Waals surface area contributed by atoms with Gasteiger partial charge < -0.3 is 35.2 Å². The van der Waals surface area contributed by atoms with Crippen molar-refractivity contribution in [2.24, 2.45) is 0 Å². The van der Waals surface area contributed by atoms with Crippen LogP contribution in [0.4, 0.5) is 0 Å². The van der Waals surface area contributed by atoms with Crippen molar-refractivity contribution in [3.8, 4) is 0 Å². The van der Waals surface area contributed by atoms with Crippen molar-refractivity contribution in [2.75, 3.05) is 13.2 Å². The molecule has 1 saturated heterocycles. The van der Waals surface area contributed by atoms with Gasteiger partial charge >= 0.3 is 10.4 Å². The molecule has 0 spiro atoms. The van der Waals surface area contributed by atoms with Crippen LogP contribution in [0, 0.1) is 0 Å². The lowest BCUT2D eigenvalue weighted by Crippen LogP contribution is -2.61. The van der Waals surface area contributed by atoms with Crippen molar-refractivity contribution < 1.29 is 51.8 Å². The van der Waals surface area contributed by atoms with E-state index >= 15 is 0 Å². The maximum Gasteiger partial charge on any atom is 0.397 e. The molecule has 0 radical (unpaired) electrons. The Morgan fingerprint density at radius 2 is 1.07 bits per heavy atom. The van der Waals surface area contributed by atoms with Gasteiger partial charge in [0, 0.05) is 6.42 Å². The Kier molecular flexibility index (Phi) is 35.4. The summed E-state index contributed by atoms with van der Waals surface area (Å²) in [5, 5.41) is 44.7. The fourth-order valence-corrected chi connectivity index (χ4v) is 8.32. The molecule has 59 heavy (non-hydrogen) atoms. The van der Waals surface area contributed by atoms with E-state index in [1.54, 1.807) is 6.08 Å². The fourth-order valence-electron chi connectivity index (χ4n) is 7.81. The molecular formula is C46H89NO11S. The number of amides is 1. The SMILES string of the molecule is CCCCCCCCCCCCC/C=C/[C@@H](O)[C@H](CO[C@H]1O[C@H](CO)[C@H](O)[C@H](OS(=O)(=O)O)[C@H]1O)NC(=O)CCCCCCCCCCCCCCCCCCCCC. The van der Waals surface area contributed by atoms with Gasteiger partial charge in [-0.05, 0) is 19.3 Å². The molecule has 0 aromatic heterocycles. The van der Waals surface area contributed by atoms with Crippen molar-refractivity contribution in [2.45, 2.75) is 262 Å². The third-order valence-corrected chi connectivity index (χ3v) is 12.0. The molecule has 1 aliphatic heterocycles. The van der Waals surface area contributed by atoms with Gasteiger partial charge in [0.1, 0.15) is 24.4 Å². The summed E-state index contributed by atoms with van der Waals surface area (Å²) >= 11 is 0.